The fourth-order valence-corrected chi connectivity index (χ4v) is 2.89. The lowest BCUT2D eigenvalue weighted by Crippen LogP contribution is -2.28. The molecule has 2 atom stereocenters. The van der Waals surface area contributed by atoms with Crippen LogP contribution in [0.15, 0.2) is 24.3 Å². The van der Waals surface area contributed by atoms with E-state index >= 15 is 0 Å². The molecule has 1 fully saturated rings. The Morgan fingerprint density at radius 3 is 2.61 bits per heavy atom. The fourth-order valence-electron chi connectivity index (χ4n) is 2.65. The second kappa shape index (κ2) is 6.55. The van der Waals surface area contributed by atoms with Gasteiger partial charge in [-0.15, -0.1) is 0 Å². The van der Waals surface area contributed by atoms with E-state index in [2.05, 4.69) is 0 Å². The van der Waals surface area contributed by atoms with Gasteiger partial charge in [0.15, 0.2) is 0 Å². The van der Waals surface area contributed by atoms with Crippen LogP contribution in [-0.4, -0.2) is 12.6 Å². The molecule has 18 heavy (non-hydrogen) atoms. The van der Waals surface area contributed by atoms with Crippen LogP contribution in [0.4, 0.5) is 0 Å². The van der Waals surface area contributed by atoms with Crippen molar-refractivity contribution < 1.29 is 4.74 Å². The molecular weight excluding hydrogens is 246 g/mol. The van der Waals surface area contributed by atoms with Gasteiger partial charge >= 0.3 is 0 Å². The minimum atomic E-state index is -0.0979. The van der Waals surface area contributed by atoms with Crippen LogP contribution < -0.4 is 5.73 Å². The predicted molar refractivity (Wildman–Crippen MR) is 75.8 cm³/mol. The maximum absolute atomic E-state index is 6.22. The summed E-state index contributed by atoms with van der Waals surface area (Å²) >= 11 is 6.22. The largest absolute Gasteiger partial charge is 0.372 e. The smallest absolute Gasteiger partial charge is 0.0987 e. The zero-order valence-corrected chi connectivity index (χ0v) is 11.7. The molecule has 0 aromatic heterocycles. The van der Waals surface area contributed by atoms with E-state index in [9.17, 15) is 0 Å². The second-order valence-corrected chi connectivity index (χ2v) is 5.69. The van der Waals surface area contributed by atoms with Crippen molar-refractivity contribution in [1.82, 2.24) is 0 Å². The van der Waals surface area contributed by atoms with E-state index in [0.717, 1.165) is 17.2 Å². The molecule has 2 rings (SSSR count). The third kappa shape index (κ3) is 3.47. The van der Waals surface area contributed by atoms with Crippen LogP contribution in [0.1, 0.15) is 44.3 Å². The molecule has 1 aromatic rings. The summed E-state index contributed by atoms with van der Waals surface area (Å²) in [7, 11) is 0. The first-order chi connectivity index (χ1) is 8.68. The highest BCUT2D eigenvalue weighted by molar-refractivity contribution is 6.31. The topological polar surface area (TPSA) is 35.2 Å². The molecule has 0 bridgehead atoms. The summed E-state index contributed by atoms with van der Waals surface area (Å²) in [5.74, 6) is 0.703. The Morgan fingerprint density at radius 2 is 2.00 bits per heavy atom. The van der Waals surface area contributed by atoms with Gasteiger partial charge in [-0.2, -0.15) is 0 Å². The first-order valence-electron chi connectivity index (χ1n) is 6.80. The Balaban J connectivity index is 2.01. The molecule has 0 amide bonds. The lowest BCUT2D eigenvalue weighted by Gasteiger charge is -2.24. The quantitative estimate of drug-likeness (QED) is 0.877. The normalized spacial score (nSPS) is 19.9. The van der Waals surface area contributed by atoms with Crippen LogP contribution >= 0.6 is 11.6 Å². The third-order valence-electron chi connectivity index (χ3n) is 3.68. The standard InChI is InChI=1S/C15H22ClNO/c1-11(17)15(13-8-4-5-9-14(13)16)18-10-12-6-2-3-7-12/h4-5,8-9,11-12,15H,2-3,6-7,10,17H2,1H3. The summed E-state index contributed by atoms with van der Waals surface area (Å²) in [5.41, 5.74) is 7.05. The summed E-state index contributed by atoms with van der Waals surface area (Å²) < 4.78 is 6.04. The van der Waals surface area contributed by atoms with Crippen molar-refractivity contribution in [3.8, 4) is 0 Å². The average Bonchev–Trinajstić information content (AvgIpc) is 2.84. The second-order valence-electron chi connectivity index (χ2n) is 5.29. The van der Waals surface area contributed by atoms with Gasteiger partial charge in [0.1, 0.15) is 0 Å². The van der Waals surface area contributed by atoms with E-state index in [0.29, 0.717) is 5.92 Å². The number of nitrogens with two attached hydrogens (primary N) is 1. The Kier molecular flexibility index (Phi) is 5.04. The number of ether oxygens (including phenoxy) is 1. The lowest BCUT2D eigenvalue weighted by molar-refractivity contribution is 0.0169. The summed E-state index contributed by atoms with van der Waals surface area (Å²) in [5, 5.41) is 0.742. The van der Waals surface area contributed by atoms with E-state index in [1.807, 2.05) is 31.2 Å². The maximum Gasteiger partial charge on any atom is 0.0987 e. The molecule has 1 aliphatic carbocycles. The van der Waals surface area contributed by atoms with Gasteiger partial charge in [-0.25, -0.2) is 0 Å². The first kappa shape index (κ1) is 13.9. The molecule has 1 aromatic carbocycles. The zero-order valence-electron chi connectivity index (χ0n) is 10.9. The molecular formula is C15H22ClNO. The van der Waals surface area contributed by atoms with Crippen molar-refractivity contribution in [3.05, 3.63) is 34.9 Å². The van der Waals surface area contributed by atoms with Crippen molar-refractivity contribution >= 4 is 11.6 Å². The molecule has 100 valence electrons. The highest BCUT2D eigenvalue weighted by Crippen LogP contribution is 2.31. The van der Waals surface area contributed by atoms with Gasteiger partial charge in [0.25, 0.3) is 0 Å². The van der Waals surface area contributed by atoms with Gasteiger partial charge in [-0.3, -0.25) is 0 Å². The van der Waals surface area contributed by atoms with E-state index in [1.54, 1.807) is 0 Å². The van der Waals surface area contributed by atoms with E-state index in [-0.39, 0.29) is 12.1 Å². The van der Waals surface area contributed by atoms with Crippen LogP contribution in [0.25, 0.3) is 0 Å². The first-order valence-corrected chi connectivity index (χ1v) is 7.18. The van der Waals surface area contributed by atoms with Crippen molar-refractivity contribution in [1.29, 1.82) is 0 Å². The van der Waals surface area contributed by atoms with Gasteiger partial charge < -0.3 is 10.5 Å². The Bertz CT molecular complexity index is 375. The minimum Gasteiger partial charge on any atom is -0.372 e. The average molecular weight is 268 g/mol. The summed E-state index contributed by atoms with van der Waals surface area (Å²) in [6.45, 7) is 2.78. The van der Waals surface area contributed by atoms with Gasteiger partial charge in [-0.1, -0.05) is 42.6 Å². The molecule has 0 aliphatic heterocycles. The molecule has 0 heterocycles. The van der Waals surface area contributed by atoms with Crippen molar-refractivity contribution in [2.45, 2.75) is 44.8 Å². The number of rotatable bonds is 5. The maximum atomic E-state index is 6.22. The molecule has 1 saturated carbocycles. The van der Waals surface area contributed by atoms with E-state index in [4.69, 9.17) is 22.1 Å². The summed E-state index contributed by atoms with van der Waals surface area (Å²) in [6, 6.07) is 7.76. The minimum absolute atomic E-state index is 0.0497. The van der Waals surface area contributed by atoms with Gasteiger partial charge in [0.2, 0.25) is 0 Å². The molecule has 2 unspecified atom stereocenters. The Labute approximate surface area is 114 Å². The molecule has 1 aliphatic rings. The summed E-state index contributed by atoms with van der Waals surface area (Å²) in [4.78, 5) is 0. The highest BCUT2D eigenvalue weighted by atomic mass is 35.5. The molecule has 2 N–H and O–H groups in total. The number of hydrogen-bond donors (Lipinski definition) is 1. The Hall–Kier alpha value is -0.570. The molecule has 3 heteroatoms. The summed E-state index contributed by atoms with van der Waals surface area (Å²) in [6.07, 6.45) is 5.15. The van der Waals surface area contributed by atoms with Crippen molar-refractivity contribution in [3.63, 3.8) is 0 Å². The monoisotopic (exact) mass is 267 g/mol. The SMILES string of the molecule is CC(N)C(OCC1CCCC1)c1ccccc1Cl. The van der Waals surface area contributed by atoms with Gasteiger partial charge in [-0.05, 0) is 31.7 Å². The molecule has 0 radical (unpaired) electrons. The van der Waals surface area contributed by atoms with E-state index < -0.39 is 0 Å². The van der Waals surface area contributed by atoms with Gasteiger partial charge in [0, 0.05) is 16.6 Å². The molecule has 0 spiro atoms. The number of halogens is 1. The number of hydrogen-bond acceptors (Lipinski definition) is 2. The predicted octanol–water partition coefficient (Wildman–Crippen LogP) is 3.94. The van der Waals surface area contributed by atoms with Gasteiger partial charge in [0.05, 0.1) is 12.7 Å². The number of benzene rings is 1. The van der Waals surface area contributed by atoms with Crippen molar-refractivity contribution in [2.75, 3.05) is 6.61 Å². The van der Waals surface area contributed by atoms with Crippen LogP contribution in [0, 0.1) is 5.92 Å². The fraction of sp³-hybridized carbons (Fsp3) is 0.600. The third-order valence-corrected chi connectivity index (χ3v) is 4.02. The van der Waals surface area contributed by atoms with E-state index in [1.165, 1.54) is 25.7 Å². The molecule has 0 saturated heterocycles. The van der Waals surface area contributed by atoms with Crippen LogP contribution in [-0.2, 0) is 4.74 Å². The van der Waals surface area contributed by atoms with Crippen LogP contribution in [0.2, 0.25) is 5.02 Å². The van der Waals surface area contributed by atoms with Crippen LogP contribution in [0.5, 0.6) is 0 Å². The lowest BCUT2D eigenvalue weighted by atomic mass is 10.0. The molecule has 2 nitrogen and oxygen atoms in total. The van der Waals surface area contributed by atoms with Crippen molar-refractivity contribution in [2.24, 2.45) is 11.7 Å². The highest BCUT2D eigenvalue weighted by Gasteiger charge is 2.22. The Morgan fingerprint density at radius 1 is 1.33 bits per heavy atom. The van der Waals surface area contributed by atoms with Crippen LogP contribution in [0.3, 0.4) is 0 Å². The zero-order chi connectivity index (χ0) is 13.0.